The topological polar surface area (TPSA) is 52.8 Å². The molecular weight excluding hydrogens is 328 g/mol. The largest absolute Gasteiger partial charge is 0.495 e. The fraction of sp³-hybridized carbons (Fsp3) is 0.312. The van der Waals surface area contributed by atoms with Crippen LogP contribution >= 0.6 is 23.1 Å². The quantitative estimate of drug-likeness (QED) is 0.606. The van der Waals surface area contributed by atoms with Gasteiger partial charge in [0.1, 0.15) is 12.1 Å². The van der Waals surface area contributed by atoms with Crippen molar-refractivity contribution in [2.24, 2.45) is 0 Å². The summed E-state index contributed by atoms with van der Waals surface area (Å²) in [6, 6.07) is 7.85. The van der Waals surface area contributed by atoms with Gasteiger partial charge in [-0.1, -0.05) is 30.8 Å². The van der Waals surface area contributed by atoms with Crippen LogP contribution in [0.1, 0.15) is 24.0 Å². The predicted octanol–water partition coefficient (Wildman–Crippen LogP) is 3.98. The van der Waals surface area contributed by atoms with Gasteiger partial charge < -0.3 is 4.74 Å². The van der Waals surface area contributed by atoms with Crippen molar-refractivity contribution in [3.05, 3.63) is 46.7 Å². The van der Waals surface area contributed by atoms with Gasteiger partial charge in [-0.25, -0.2) is 4.98 Å². The van der Waals surface area contributed by atoms with E-state index >= 15 is 0 Å². The average molecular weight is 346 g/mol. The van der Waals surface area contributed by atoms with Crippen LogP contribution in [0.4, 0.5) is 0 Å². The number of benzene rings is 1. The smallest absolute Gasteiger partial charge is 0.196 e. The molecule has 3 aromatic rings. The van der Waals surface area contributed by atoms with Gasteiger partial charge in [0, 0.05) is 11.1 Å². The van der Waals surface area contributed by atoms with E-state index in [1.54, 1.807) is 36.5 Å². The van der Waals surface area contributed by atoms with E-state index in [1.807, 2.05) is 28.8 Å². The van der Waals surface area contributed by atoms with Crippen molar-refractivity contribution >= 4 is 23.1 Å². The molecule has 0 atom stereocenters. The number of ether oxygens (including phenoxy) is 1. The van der Waals surface area contributed by atoms with Gasteiger partial charge in [0.25, 0.3) is 0 Å². The molecule has 0 aliphatic carbocycles. The summed E-state index contributed by atoms with van der Waals surface area (Å²) < 4.78 is 7.37. The highest BCUT2D eigenvalue weighted by Crippen LogP contribution is 2.28. The molecule has 7 heteroatoms. The molecule has 5 nitrogen and oxygen atoms in total. The molecule has 0 bridgehead atoms. The van der Waals surface area contributed by atoms with E-state index in [2.05, 4.69) is 27.5 Å². The molecule has 0 saturated heterocycles. The fourth-order valence-electron chi connectivity index (χ4n) is 2.20. The number of para-hydroxylation sites is 2. The van der Waals surface area contributed by atoms with E-state index in [0.717, 1.165) is 40.9 Å². The minimum Gasteiger partial charge on any atom is -0.495 e. The molecule has 3 rings (SSSR count). The van der Waals surface area contributed by atoms with Crippen molar-refractivity contribution in [1.82, 2.24) is 19.7 Å². The first-order valence-electron chi connectivity index (χ1n) is 7.41. The molecular formula is C16H18N4OS2. The van der Waals surface area contributed by atoms with Crippen LogP contribution in [0.2, 0.25) is 0 Å². The molecule has 2 aromatic heterocycles. The Balaban J connectivity index is 1.76. The zero-order valence-corrected chi connectivity index (χ0v) is 14.7. The van der Waals surface area contributed by atoms with E-state index in [-0.39, 0.29) is 0 Å². The maximum atomic E-state index is 5.42. The number of thioether (sulfide) groups is 1. The first kappa shape index (κ1) is 16.0. The number of nitrogens with zero attached hydrogens (tertiary/aromatic N) is 4. The van der Waals surface area contributed by atoms with Crippen molar-refractivity contribution in [2.75, 3.05) is 7.11 Å². The maximum Gasteiger partial charge on any atom is 0.196 e. The highest BCUT2D eigenvalue weighted by Gasteiger charge is 2.12. The third-order valence-electron chi connectivity index (χ3n) is 3.27. The van der Waals surface area contributed by atoms with Gasteiger partial charge in [-0.3, -0.25) is 4.57 Å². The normalized spacial score (nSPS) is 10.9. The second-order valence-electron chi connectivity index (χ2n) is 4.93. The van der Waals surface area contributed by atoms with Gasteiger partial charge in [-0.2, -0.15) is 0 Å². The molecule has 0 radical (unpaired) electrons. The van der Waals surface area contributed by atoms with Crippen LogP contribution in [0.5, 0.6) is 5.75 Å². The molecule has 1 aromatic carbocycles. The number of rotatable bonds is 7. The molecule has 23 heavy (non-hydrogen) atoms. The van der Waals surface area contributed by atoms with Crippen LogP contribution in [-0.2, 0) is 12.2 Å². The van der Waals surface area contributed by atoms with E-state index in [4.69, 9.17) is 4.74 Å². The van der Waals surface area contributed by atoms with Crippen LogP contribution in [0.3, 0.4) is 0 Å². The highest BCUT2D eigenvalue weighted by atomic mass is 32.2. The lowest BCUT2D eigenvalue weighted by atomic mass is 10.3. The second kappa shape index (κ2) is 7.61. The van der Waals surface area contributed by atoms with E-state index < -0.39 is 0 Å². The van der Waals surface area contributed by atoms with Crippen molar-refractivity contribution in [3.8, 4) is 11.4 Å². The SMILES string of the molecule is CCCc1nc(CSc2nncn2-c2ccccc2OC)cs1. The van der Waals surface area contributed by atoms with Crippen LogP contribution in [0.15, 0.2) is 41.1 Å². The zero-order valence-electron chi connectivity index (χ0n) is 13.1. The number of thiazole rings is 1. The minimum absolute atomic E-state index is 0.786. The third-order valence-corrected chi connectivity index (χ3v) is 5.21. The Hall–Kier alpha value is -1.86. The Morgan fingerprint density at radius 2 is 2.17 bits per heavy atom. The molecule has 0 fully saturated rings. The maximum absolute atomic E-state index is 5.42. The third kappa shape index (κ3) is 3.73. The molecule has 0 aliphatic heterocycles. The summed E-state index contributed by atoms with van der Waals surface area (Å²) in [4.78, 5) is 4.65. The summed E-state index contributed by atoms with van der Waals surface area (Å²) in [6.45, 7) is 2.17. The molecule has 0 N–H and O–H groups in total. The van der Waals surface area contributed by atoms with Crippen molar-refractivity contribution in [3.63, 3.8) is 0 Å². The van der Waals surface area contributed by atoms with Gasteiger partial charge in [0.2, 0.25) is 0 Å². The second-order valence-corrected chi connectivity index (χ2v) is 6.81. The van der Waals surface area contributed by atoms with Gasteiger partial charge in [0.05, 0.1) is 23.5 Å². The number of methoxy groups -OCH3 is 1. The summed E-state index contributed by atoms with van der Waals surface area (Å²) >= 11 is 3.36. The molecule has 0 amide bonds. The van der Waals surface area contributed by atoms with Crippen LogP contribution in [0.25, 0.3) is 5.69 Å². The Morgan fingerprint density at radius 1 is 1.30 bits per heavy atom. The summed E-state index contributed by atoms with van der Waals surface area (Å²) in [6.07, 6.45) is 3.89. The number of aryl methyl sites for hydroxylation is 1. The van der Waals surface area contributed by atoms with Crippen molar-refractivity contribution in [1.29, 1.82) is 0 Å². The first-order chi connectivity index (χ1) is 11.3. The summed E-state index contributed by atoms with van der Waals surface area (Å²) in [5, 5.41) is 12.4. The Labute approximate surface area is 143 Å². The van der Waals surface area contributed by atoms with Crippen LogP contribution in [0, 0.1) is 0 Å². The van der Waals surface area contributed by atoms with Crippen LogP contribution in [-0.4, -0.2) is 26.9 Å². The summed E-state index contributed by atoms with van der Waals surface area (Å²) in [7, 11) is 1.67. The lowest BCUT2D eigenvalue weighted by Gasteiger charge is -2.10. The standard InChI is InChI=1S/C16H18N4OS2/c1-3-6-15-18-12(9-22-15)10-23-16-19-17-11-20(16)13-7-4-5-8-14(13)21-2/h4-5,7-9,11H,3,6,10H2,1-2H3. The average Bonchev–Trinajstić information content (AvgIpc) is 3.22. The molecule has 0 spiro atoms. The molecule has 120 valence electrons. The molecule has 0 unspecified atom stereocenters. The van der Waals surface area contributed by atoms with Gasteiger partial charge >= 0.3 is 0 Å². The van der Waals surface area contributed by atoms with Crippen molar-refractivity contribution < 1.29 is 4.74 Å². The van der Waals surface area contributed by atoms with E-state index in [1.165, 1.54) is 5.01 Å². The number of hydrogen-bond donors (Lipinski definition) is 0. The van der Waals surface area contributed by atoms with Crippen molar-refractivity contribution in [2.45, 2.75) is 30.7 Å². The van der Waals surface area contributed by atoms with Gasteiger partial charge in [-0.05, 0) is 25.0 Å². The lowest BCUT2D eigenvalue weighted by Crippen LogP contribution is -1.98. The van der Waals surface area contributed by atoms with Crippen LogP contribution < -0.4 is 4.74 Å². The number of aromatic nitrogens is 4. The zero-order chi connectivity index (χ0) is 16.1. The summed E-state index contributed by atoms with van der Waals surface area (Å²) in [5.41, 5.74) is 2.03. The Kier molecular flexibility index (Phi) is 5.30. The van der Waals surface area contributed by atoms with Gasteiger partial charge in [-0.15, -0.1) is 21.5 Å². The first-order valence-corrected chi connectivity index (χ1v) is 9.27. The van der Waals surface area contributed by atoms with E-state index in [0.29, 0.717) is 0 Å². The fourth-order valence-corrected chi connectivity index (χ4v) is 4.02. The van der Waals surface area contributed by atoms with E-state index in [9.17, 15) is 0 Å². The molecule has 0 aliphatic rings. The van der Waals surface area contributed by atoms with Gasteiger partial charge in [0.15, 0.2) is 5.16 Å². The molecule has 2 heterocycles. The Bertz CT molecular complexity index is 769. The molecule has 0 saturated carbocycles. The number of hydrogen-bond acceptors (Lipinski definition) is 6. The Morgan fingerprint density at radius 3 is 3.00 bits per heavy atom. The predicted molar refractivity (Wildman–Crippen MR) is 93.6 cm³/mol. The highest BCUT2D eigenvalue weighted by molar-refractivity contribution is 7.98. The lowest BCUT2D eigenvalue weighted by molar-refractivity contribution is 0.412. The summed E-state index contributed by atoms with van der Waals surface area (Å²) in [5.74, 6) is 1.58. The monoisotopic (exact) mass is 346 g/mol. The minimum atomic E-state index is 0.786.